The summed E-state index contributed by atoms with van der Waals surface area (Å²) in [5.41, 5.74) is 0.907. The zero-order valence-electron chi connectivity index (χ0n) is 9.94. The van der Waals surface area contributed by atoms with Gasteiger partial charge in [0.25, 0.3) is 0 Å². The van der Waals surface area contributed by atoms with E-state index in [1.165, 1.54) is 17.8 Å². The minimum Gasteiger partial charge on any atom is -0.478 e. The number of hydrogen-bond donors (Lipinski definition) is 1. The van der Waals surface area contributed by atoms with Crippen molar-refractivity contribution in [3.8, 4) is 0 Å². The van der Waals surface area contributed by atoms with Gasteiger partial charge in [-0.25, -0.2) is 9.78 Å². The molecule has 1 aromatic carbocycles. The number of halogens is 3. The van der Waals surface area contributed by atoms with Gasteiger partial charge in [0.15, 0.2) is 0 Å². The average molecular weight is 349 g/mol. The summed E-state index contributed by atoms with van der Waals surface area (Å²) in [6.07, 6.45) is 0. The number of rotatable bonds is 4. The van der Waals surface area contributed by atoms with Crippen LogP contribution < -0.4 is 0 Å². The molecule has 0 aliphatic rings. The fourth-order valence-electron chi connectivity index (χ4n) is 1.47. The molecule has 0 atom stereocenters. The third kappa shape index (κ3) is 3.79. The van der Waals surface area contributed by atoms with Gasteiger partial charge in [-0.2, -0.15) is 0 Å². The first-order valence-electron chi connectivity index (χ1n) is 5.44. The summed E-state index contributed by atoms with van der Waals surface area (Å²) in [5.74, 6) is -0.493. The number of nitrogens with zero attached hydrogens (tertiary/aromatic N) is 1. The van der Waals surface area contributed by atoms with Crippen molar-refractivity contribution in [3.05, 3.63) is 56.8 Å². The SMILES string of the molecule is O=C(O)c1cc(SCc2ccc(Cl)nc2Cl)ccc1Cl. The second-order valence-corrected chi connectivity index (χ2v) is 6.02. The summed E-state index contributed by atoms with van der Waals surface area (Å²) >= 11 is 19.0. The lowest BCUT2D eigenvalue weighted by Crippen LogP contribution is -1.97. The average Bonchev–Trinajstić information content (AvgIpc) is 2.39. The number of thioether (sulfide) groups is 1. The molecular weight excluding hydrogens is 341 g/mol. The largest absolute Gasteiger partial charge is 0.478 e. The lowest BCUT2D eigenvalue weighted by atomic mass is 10.2. The van der Waals surface area contributed by atoms with E-state index >= 15 is 0 Å². The molecule has 2 rings (SSSR count). The first-order valence-corrected chi connectivity index (χ1v) is 7.56. The molecule has 0 bridgehead atoms. The molecule has 0 aliphatic carbocycles. The van der Waals surface area contributed by atoms with Gasteiger partial charge in [-0.15, -0.1) is 11.8 Å². The standard InChI is InChI=1S/C13H8Cl3NO2S/c14-10-3-2-8(5-9(10)13(18)19)20-6-7-1-4-11(15)17-12(7)16/h1-5H,6H2,(H,18,19). The Balaban J connectivity index is 2.15. The molecule has 3 nitrogen and oxygen atoms in total. The van der Waals surface area contributed by atoms with Gasteiger partial charge in [0.1, 0.15) is 10.3 Å². The fraction of sp³-hybridized carbons (Fsp3) is 0.0769. The molecule has 0 fully saturated rings. The summed E-state index contributed by atoms with van der Waals surface area (Å²) in [7, 11) is 0. The van der Waals surface area contributed by atoms with Crippen LogP contribution in [0.3, 0.4) is 0 Å². The molecule has 0 unspecified atom stereocenters. The number of aromatic nitrogens is 1. The van der Waals surface area contributed by atoms with E-state index in [0.717, 1.165) is 10.5 Å². The van der Waals surface area contributed by atoms with Crippen LogP contribution in [0.1, 0.15) is 15.9 Å². The topological polar surface area (TPSA) is 50.2 Å². The maximum Gasteiger partial charge on any atom is 0.337 e. The van der Waals surface area contributed by atoms with Gasteiger partial charge in [-0.3, -0.25) is 0 Å². The number of carboxylic acids is 1. The number of aromatic carboxylic acids is 1. The van der Waals surface area contributed by atoms with Crippen LogP contribution in [-0.2, 0) is 5.75 Å². The predicted octanol–water partition coefficient (Wildman–Crippen LogP) is 5.03. The predicted molar refractivity (Wildman–Crippen MR) is 82.2 cm³/mol. The van der Waals surface area contributed by atoms with Gasteiger partial charge in [-0.05, 0) is 29.8 Å². The van der Waals surface area contributed by atoms with Crippen molar-refractivity contribution < 1.29 is 9.90 Å². The summed E-state index contributed by atoms with van der Waals surface area (Å²) in [6.45, 7) is 0. The first kappa shape index (κ1) is 15.4. The molecule has 1 N–H and O–H groups in total. The van der Waals surface area contributed by atoms with Crippen LogP contribution in [0.4, 0.5) is 0 Å². The minimum atomic E-state index is -1.05. The van der Waals surface area contributed by atoms with Gasteiger partial charge in [0.05, 0.1) is 10.6 Å². The molecule has 0 radical (unpaired) electrons. The minimum absolute atomic E-state index is 0.0806. The highest BCUT2D eigenvalue weighted by Gasteiger charge is 2.10. The number of carboxylic acid groups (broad SMARTS) is 1. The van der Waals surface area contributed by atoms with Crippen molar-refractivity contribution in [1.82, 2.24) is 4.98 Å². The molecule has 0 amide bonds. The van der Waals surface area contributed by atoms with E-state index in [1.807, 2.05) is 0 Å². The van der Waals surface area contributed by atoms with Crippen LogP contribution in [0, 0.1) is 0 Å². The van der Waals surface area contributed by atoms with E-state index in [9.17, 15) is 4.79 Å². The summed E-state index contributed by atoms with van der Waals surface area (Å²) < 4.78 is 0. The highest BCUT2D eigenvalue weighted by Crippen LogP contribution is 2.29. The van der Waals surface area contributed by atoms with Crippen LogP contribution in [0.2, 0.25) is 15.3 Å². The van der Waals surface area contributed by atoms with Gasteiger partial charge in [0, 0.05) is 10.6 Å². The van der Waals surface area contributed by atoms with Crippen molar-refractivity contribution in [1.29, 1.82) is 0 Å². The van der Waals surface area contributed by atoms with Crippen molar-refractivity contribution >= 4 is 52.5 Å². The van der Waals surface area contributed by atoms with E-state index in [-0.39, 0.29) is 10.6 Å². The molecule has 20 heavy (non-hydrogen) atoms. The second-order valence-electron chi connectivity index (χ2n) is 3.82. The Morgan fingerprint density at radius 3 is 2.60 bits per heavy atom. The molecule has 1 heterocycles. The molecule has 0 saturated heterocycles. The van der Waals surface area contributed by atoms with E-state index in [1.54, 1.807) is 24.3 Å². The van der Waals surface area contributed by atoms with Crippen LogP contribution >= 0.6 is 46.6 Å². The quantitative estimate of drug-likeness (QED) is 0.621. The molecule has 0 saturated carbocycles. The van der Waals surface area contributed by atoms with Gasteiger partial charge < -0.3 is 5.11 Å². The summed E-state index contributed by atoms with van der Waals surface area (Å²) in [5, 5.41) is 9.91. The Morgan fingerprint density at radius 1 is 1.20 bits per heavy atom. The zero-order chi connectivity index (χ0) is 14.7. The van der Waals surface area contributed by atoms with Gasteiger partial charge in [0.2, 0.25) is 0 Å². The fourth-order valence-corrected chi connectivity index (χ4v) is 3.08. The monoisotopic (exact) mass is 347 g/mol. The normalized spacial score (nSPS) is 10.6. The first-order chi connectivity index (χ1) is 9.47. The Kier molecular flexibility index (Phi) is 5.16. The molecule has 7 heteroatoms. The van der Waals surface area contributed by atoms with Gasteiger partial charge in [-0.1, -0.05) is 40.9 Å². The number of pyridine rings is 1. The molecule has 2 aromatic rings. The van der Waals surface area contributed by atoms with Crippen LogP contribution in [-0.4, -0.2) is 16.1 Å². The molecule has 0 aliphatic heterocycles. The molecule has 1 aromatic heterocycles. The molecule has 104 valence electrons. The smallest absolute Gasteiger partial charge is 0.337 e. The van der Waals surface area contributed by atoms with Gasteiger partial charge >= 0.3 is 5.97 Å². The number of hydrogen-bond acceptors (Lipinski definition) is 3. The molecule has 0 spiro atoms. The number of carbonyl (C=O) groups is 1. The van der Waals surface area contributed by atoms with E-state index < -0.39 is 5.97 Å². The van der Waals surface area contributed by atoms with Crippen molar-refractivity contribution in [3.63, 3.8) is 0 Å². The van der Waals surface area contributed by atoms with E-state index in [0.29, 0.717) is 16.1 Å². The highest BCUT2D eigenvalue weighted by atomic mass is 35.5. The lowest BCUT2D eigenvalue weighted by molar-refractivity contribution is 0.0697. The summed E-state index contributed by atoms with van der Waals surface area (Å²) in [4.78, 5) is 15.7. The third-order valence-electron chi connectivity index (χ3n) is 2.45. The van der Waals surface area contributed by atoms with Crippen molar-refractivity contribution in [2.45, 2.75) is 10.6 Å². The number of benzene rings is 1. The third-order valence-corrected chi connectivity index (χ3v) is 4.36. The van der Waals surface area contributed by atoms with E-state index in [2.05, 4.69) is 4.98 Å². The second kappa shape index (κ2) is 6.68. The zero-order valence-corrected chi connectivity index (χ0v) is 13.0. The van der Waals surface area contributed by atoms with Crippen molar-refractivity contribution in [2.24, 2.45) is 0 Å². The Labute approximate surface area is 134 Å². The van der Waals surface area contributed by atoms with Crippen LogP contribution in [0.5, 0.6) is 0 Å². The van der Waals surface area contributed by atoms with E-state index in [4.69, 9.17) is 39.9 Å². The van der Waals surface area contributed by atoms with Crippen LogP contribution in [0.25, 0.3) is 0 Å². The Hall–Kier alpha value is -0.940. The maximum atomic E-state index is 11.0. The Morgan fingerprint density at radius 2 is 1.95 bits per heavy atom. The summed E-state index contributed by atoms with van der Waals surface area (Å²) in [6, 6.07) is 8.31. The van der Waals surface area contributed by atoms with Crippen LogP contribution in [0.15, 0.2) is 35.2 Å². The van der Waals surface area contributed by atoms with Crippen molar-refractivity contribution in [2.75, 3.05) is 0 Å². The molecular formula is C13H8Cl3NO2S. The maximum absolute atomic E-state index is 11.0. The highest BCUT2D eigenvalue weighted by molar-refractivity contribution is 7.98. The Bertz CT molecular complexity index is 664. The lowest BCUT2D eigenvalue weighted by Gasteiger charge is -2.06.